The van der Waals surface area contributed by atoms with E-state index in [0.29, 0.717) is 16.3 Å². The zero-order valence-corrected chi connectivity index (χ0v) is 14.7. The van der Waals surface area contributed by atoms with Crippen LogP contribution in [0.1, 0.15) is 22.0 Å². The Hall–Kier alpha value is -1.89. The first-order valence-electron chi connectivity index (χ1n) is 6.95. The van der Waals surface area contributed by atoms with E-state index in [1.165, 1.54) is 7.05 Å². The third-order valence-corrected chi connectivity index (χ3v) is 4.35. The molecule has 1 aromatic heterocycles. The molecule has 2 N–H and O–H groups in total. The Morgan fingerprint density at radius 1 is 1.26 bits per heavy atom. The molecule has 0 aliphatic rings. The fourth-order valence-electron chi connectivity index (χ4n) is 2.24. The first-order chi connectivity index (χ1) is 10.9. The lowest BCUT2D eigenvalue weighted by Gasteiger charge is -2.22. The summed E-state index contributed by atoms with van der Waals surface area (Å²) in [6.07, 6.45) is 0. The lowest BCUT2D eigenvalue weighted by molar-refractivity contribution is -0.120. The molecule has 1 aromatic carbocycles. The van der Waals surface area contributed by atoms with Crippen LogP contribution in [-0.2, 0) is 4.79 Å². The van der Waals surface area contributed by atoms with Crippen LogP contribution in [0.5, 0.6) is 0 Å². The molecule has 7 heteroatoms. The predicted molar refractivity (Wildman–Crippen MR) is 94.2 cm³/mol. The van der Waals surface area contributed by atoms with E-state index in [1.807, 2.05) is 35.8 Å². The van der Waals surface area contributed by atoms with E-state index in [9.17, 15) is 9.59 Å². The van der Waals surface area contributed by atoms with Crippen LogP contribution in [0.25, 0.3) is 0 Å². The van der Waals surface area contributed by atoms with Crippen LogP contribution in [0.4, 0.5) is 5.69 Å². The highest BCUT2D eigenvalue weighted by Gasteiger charge is 2.23. The molecule has 1 unspecified atom stereocenters. The van der Waals surface area contributed by atoms with Gasteiger partial charge in [-0.25, -0.2) is 0 Å². The van der Waals surface area contributed by atoms with Gasteiger partial charge in [0.05, 0.1) is 10.6 Å². The molecule has 122 valence electrons. The highest BCUT2D eigenvalue weighted by molar-refractivity contribution is 7.08. The Morgan fingerprint density at radius 2 is 2.00 bits per heavy atom. The van der Waals surface area contributed by atoms with Gasteiger partial charge < -0.3 is 10.6 Å². The zero-order chi connectivity index (χ0) is 17.0. The molecule has 0 spiro atoms. The average Bonchev–Trinajstić information content (AvgIpc) is 3.00. The second-order valence-electron chi connectivity index (χ2n) is 5.19. The number of rotatable bonds is 5. The number of anilines is 1. The number of amides is 2. The van der Waals surface area contributed by atoms with Gasteiger partial charge in [0.15, 0.2) is 0 Å². The van der Waals surface area contributed by atoms with Crippen LogP contribution in [0.2, 0.25) is 5.02 Å². The number of likely N-dealkylation sites (N-methyl/N-ethyl adjacent to an activating group) is 1. The van der Waals surface area contributed by atoms with Gasteiger partial charge in [-0.05, 0) is 54.7 Å². The van der Waals surface area contributed by atoms with Gasteiger partial charge in [-0.3, -0.25) is 14.5 Å². The Bertz CT molecular complexity index is 701. The minimum Gasteiger partial charge on any atom is -0.355 e. The molecule has 2 amide bonds. The quantitative estimate of drug-likeness (QED) is 0.870. The maximum atomic E-state index is 12.6. The first kappa shape index (κ1) is 17.5. The van der Waals surface area contributed by atoms with E-state index in [4.69, 9.17) is 11.6 Å². The number of hydrogen-bond acceptors (Lipinski definition) is 4. The molecule has 2 rings (SSSR count). The topological polar surface area (TPSA) is 61.4 Å². The minimum atomic E-state index is -0.390. The van der Waals surface area contributed by atoms with Crippen molar-refractivity contribution in [1.29, 1.82) is 0 Å². The third kappa shape index (κ3) is 4.10. The molecule has 0 fully saturated rings. The van der Waals surface area contributed by atoms with Gasteiger partial charge in [0.25, 0.3) is 5.91 Å². The lowest BCUT2D eigenvalue weighted by atomic mass is 10.1. The fraction of sp³-hybridized carbons (Fsp3) is 0.250. The summed E-state index contributed by atoms with van der Waals surface area (Å²) in [7, 11) is 5.24. The van der Waals surface area contributed by atoms with Crippen molar-refractivity contribution in [1.82, 2.24) is 10.2 Å². The molecular formula is C16H18ClN3O2S. The minimum absolute atomic E-state index is 0.155. The molecule has 1 atom stereocenters. The van der Waals surface area contributed by atoms with Crippen LogP contribution in [0, 0.1) is 0 Å². The molecule has 2 aromatic rings. The van der Waals surface area contributed by atoms with Crippen molar-refractivity contribution in [3.8, 4) is 0 Å². The molecule has 23 heavy (non-hydrogen) atoms. The van der Waals surface area contributed by atoms with Crippen molar-refractivity contribution < 1.29 is 9.59 Å². The van der Waals surface area contributed by atoms with Gasteiger partial charge in [-0.1, -0.05) is 11.6 Å². The second kappa shape index (κ2) is 7.59. The molecule has 0 bridgehead atoms. The molecule has 0 saturated heterocycles. The summed E-state index contributed by atoms with van der Waals surface area (Å²) in [6.45, 7) is 0. The lowest BCUT2D eigenvalue weighted by Crippen LogP contribution is -2.32. The van der Waals surface area contributed by atoms with Gasteiger partial charge in [0.1, 0.15) is 6.04 Å². The van der Waals surface area contributed by atoms with Crippen molar-refractivity contribution in [2.75, 3.05) is 26.5 Å². The number of carbonyl (C=O) groups excluding carboxylic acids is 2. The van der Waals surface area contributed by atoms with E-state index in [0.717, 1.165) is 5.56 Å². The van der Waals surface area contributed by atoms with Gasteiger partial charge in [-0.2, -0.15) is 11.3 Å². The average molecular weight is 352 g/mol. The molecule has 0 saturated carbocycles. The second-order valence-corrected chi connectivity index (χ2v) is 6.37. The number of thiophene rings is 1. The molecule has 0 radical (unpaired) electrons. The Morgan fingerprint density at radius 3 is 2.52 bits per heavy atom. The predicted octanol–water partition coefficient (Wildman–Crippen LogP) is 3.00. The van der Waals surface area contributed by atoms with E-state index >= 15 is 0 Å². The Labute approximate surface area is 144 Å². The third-order valence-electron chi connectivity index (χ3n) is 3.33. The van der Waals surface area contributed by atoms with Crippen molar-refractivity contribution in [3.63, 3.8) is 0 Å². The number of carbonyl (C=O) groups is 2. The first-order valence-corrected chi connectivity index (χ1v) is 8.27. The standard InChI is InChI=1S/C16H18ClN3O2S/c1-18-15(21)12-5-4-11(8-13(12)17)19-16(22)14(20(2)3)10-6-7-23-9-10/h4-9,14H,1-3H3,(H,18,21)(H,19,22). The number of benzene rings is 1. The molecular weight excluding hydrogens is 334 g/mol. The van der Waals surface area contributed by atoms with Crippen molar-refractivity contribution >= 4 is 40.4 Å². The van der Waals surface area contributed by atoms with Gasteiger partial charge in [0.2, 0.25) is 5.91 Å². The summed E-state index contributed by atoms with van der Waals surface area (Å²) in [5, 5.41) is 9.54. The molecule has 5 nitrogen and oxygen atoms in total. The van der Waals surface area contributed by atoms with Crippen LogP contribution < -0.4 is 10.6 Å². The Kier molecular flexibility index (Phi) is 5.76. The molecule has 0 aliphatic carbocycles. The smallest absolute Gasteiger partial charge is 0.252 e. The van der Waals surface area contributed by atoms with Crippen molar-refractivity contribution in [2.45, 2.75) is 6.04 Å². The van der Waals surface area contributed by atoms with E-state index in [1.54, 1.807) is 29.5 Å². The fourth-order valence-corrected chi connectivity index (χ4v) is 3.18. The van der Waals surface area contributed by atoms with Crippen LogP contribution in [0.15, 0.2) is 35.0 Å². The van der Waals surface area contributed by atoms with E-state index in [2.05, 4.69) is 10.6 Å². The summed E-state index contributed by atoms with van der Waals surface area (Å²) in [6, 6.07) is 6.36. The van der Waals surface area contributed by atoms with Crippen LogP contribution in [0.3, 0.4) is 0 Å². The summed E-state index contributed by atoms with van der Waals surface area (Å²) >= 11 is 7.65. The molecule has 1 heterocycles. The summed E-state index contributed by atoms with van der Waals surface area (Å²) in [5.74, 6) is -0.422. The van der Waals surface area contributed by atoms with Crippen LogP contribution >= 0.6 is 22.9 Å². The van der Waals surface area contributed by atoms with Gasteiger partial charge >= 0.3 is 0 Å². The largest absolute Gasteiger partial charge is 0.355 e. The monoisotopic (exact) mass is 351 g/mol. The van der Waals surface area contributed by atoms with Crippen LogP contribution in [-0.4, -0.2) is 37.9 Å². The SMILES string of the molecule is CNC(=O)c1ccc(NC(=O)C(c2ccsc2)N(C)C)cc1Cl. The zero-order valence-electron chi connectivity index (χ0n) is 13.1. The Balaban J connectivity index is 2.19. The van der Waals surface area contributed by atoms with Gasteiger partial charge in [0, 0.05) is 12.7 Å². The molecule has 0 aliphatic heterocycles. The number of nitrogens with zero attached hydrogens (tertiary/aromatic N) is 1. The van der Waals surface area contributed by atoms with Gasteiger partial charge in [-0.15, -0.1) is 0 Å². The highest BCUT2D eigenvalue weighted by Crippen LogP contribution is 2.25. The van der Waals surface area contributed by atoms with Crippen molar-refractivity contribution in [2.24, 2.45) is 0 Å². The number of nitrogens with one attached hydrogen (secondary N) is 2. The van der Waals surface area contributed by atoms with E-state index < -0.39 is 6.04 Å². The highest BCUT2D eigenvalue weighted by atomic mass is 35.5. The van der Waals surface area contributed by atoms with Crippen molar-refractivity contribution in [3.05, 3.63) is 51.2 Å². The summed E-state index contributed by atoms with van der Waals surface area (Å²) in [4.78, 5) is 26.0. The number of halogens is 1. The number of hydrogen-bond donors (Lipinski definition) is 2. The van der Waals surface area contributed by atoms with E-state index in [-0.39, 0.29) is 11.8 Å². The maximum Gasteiger partial charge on any atom is 0.252 e. The summed E-state index contributed by atoms with van der Waals surface area (Å²) < 4.78 is 0. The normalized spacial score (nSPS) is 12.0. The maximum absolute atomic E-state index is 12.6. The summed E-state index contributed by atoms with van der Waals surface area (Å²) in [5.41, 5.74) is 1.86.